The molecule has 0 N–H and O–H groups in total. The lowest BCUT2D eigenvalue weighted by atomic mass is 9.98. The second-order valence-electron chi connectivity index (χ2n) is 7.15. The Bertz CT molecular complexity index is 1250. The molecule has 4 nitrogen and oxygen atoms in total. The monoisotopic (exact) mass is 464 g/mol. The SMILES string of the molecule is Clc1ccccc1C1=NCc2nncn2-c2ccc(C(Cl)SCc3ccccc3)cc21. The zero-order chi connectivity index (χ0) is 21.2. The van der Waals surface area contributed by atoms with Gasteiger partial charge in [-0.25, -0.2) is 0 Å². The third kappa shape index (κ3) is 4.13. The fourth-order valence-electron chi connectivity index (χ4n) is 3.62. The lowest BCUT2D eigenvalue weighted by molar-refractivity contribution is 0.870. The minimum Gasteiger partial charge on any atom is -0.283 e. The van der Waals surface area contributed by atoms with Gasteiger partial charge in [-0.3, -0.25) is 9.56 Å². The van der Waals surface area contributed by atoms with Crippen LogP contribution in [0.1, 0.15) is 32.8 Å². The molecule has 0 fully saturated rings. The second-order valence-corrected chi connectivity index (χ2v) is 9.35. The predicted molar refractivity (Wildman–Crippen MR) is 128 cm³/mol. The van der Waals surface area contributed by atoms with Crippen molar-refractivity contribution in [3.05, 3.63) is 112 Å². The van der Waals surface area contributed by atoms with E-state index in [0.29, 0.717) is 11.6 Å². The Balaban J connectivity index is 1.54. The molecule has 154 valence electrons. The van der Waals surface area contributed by atoms with E-state index in [4.69, 9.17) is 28.2 Å². The number of aromatic nitrogens is 3. The Labute approximate surface area is 195 Å². The number of aliphatic imine (C=N–C) groups is 1. The lowest BCUT2D eigenvalue weighted by Gasteiger charge is -2.16. The second kappa shape index (κ2) is 8.87. The van der Waals surface area contributed by atoms with E-state index in [2.05, 4.69) is 40.5 Å². The van der Waals surface area contributed by atoms with Gasteiger partial charge in [0.15, 0.2) is 5.82 Å². The molecule has 1 unspecified atom stereocenters. The molecule has 7 heteroatoms. The molecule has 31 heavy (non-hydrogen) atoms. The van der Waals surface area contributed by atoms with E-state index in [0.717, 1.165) is 39.7 Å². The van der Waals surface area contributed by atoms with Crippen molar-refractivity contribution in [2.75, 3.05) is 0 Å². The average Bonchev–Trinajstić information content (AvgIpc) is 3.22. The molecule has 0 aliphatic carbocycles. The van der Waals surface area contributed by atoms with Crippen LogP contribution in [0.2, 0.25) is 5.02 Å². The summed E-state index contributed by atoms with van der Waals surface area (Å²) in [6, 6.07) is 24.3. The molecule has 1 aliphatic heterocycles. The number of alkyl halides is 1. The van der Waals surface area contributed by atoms with Crippen molar-refractivity contribution < 1.29 is 0 Å². The highest BCUT2D eigenvalue weighted by atomic mass is 35.5. The van der Waals surface area contributed by atoms with Gasteiger partial charge in [0, 0.05) is 21.9 Å². The first kappa shape index (κ1) is 20.3. The van der Waals surface area contributed by atoms with Crippen molar-refractivity contribution in [1.29, 1.82) is 0 Å². The third-order valence-electron chi connectivity index (χ3n) is 5.16. The Morgan fingerprint density at radius 3 is 2.61 bits per heavy atom. The molecule has 1 aliphatic rings. The maximum absolute atomic E-state index is 6.81. The van der Waals surface area contributed by atoms with E-state index in [9.17, 15) is 0 Å². The zero-order valence-electron chi connectivity index (χ0n) is 16.5. The van der Waals surface area contributed by atoms with Gasteiger partial charge in [-0.2, -0.15) is 0 Å². The summed E-state index contributed by atoms with van der Waals surface area (Å²) in [6.45, 7) is 0.428. The standard InChI is InChI=1S/C24H18Cl2N4S/c25-20-9-5-4-8-18(20)23-19-12-17(24(26)31-14-16-6-2-1-3-7-16)10-11-21(19)30-15-28-29-22(30)13-27-23/h1-12,15,24H,13-14H2. The van der Waals surface area contributed by atoms with Crippen molar-refractivity contribution in [2.24, 2.45) is 4.99 Å². The van der Waals surface area contributed by atoms with Crippen LogP contribution < -0.4 is 0 Å². The molecule has 0 bridgehead atoms. The maximum atomic E-state index is 6.81. The zero-order valence-corrected chi connectivity index (χ0v) is 18.8. The number of fused-ring (bicyclic) bond motifs is 3. The van der Waals surface area contributed by atoms with Crippen LogP contribution in [0, 0.1) is 0 Å². The molecular weight excluding hydrogens is 447 g/mol. The molecule has 0 saturated carbocycles. The molecule has 5 rings (SSSR count). The summed E-state index contributed by atoms with van der Waals surface area (Å²) in [4.78, 5) is 4.86. The van der Waals surface area contributed by atoms with E-state index in [-0.39, 0.29) is 4.71 Å². The highest BCUT2D eigenvalue weighted by molar-refractivity contribution is 7.99. The van der Waals surface area contributed by atoms with Gasteiger partial charge >= 0.3 is 0 Å². The molecule has 1 aromatic heterocycles. The highest BCUT2D eigenvalue weighted by Crippen LogP contribution is 2.37. The van der Waals surface area contributed by atoms with E-state index in [1.807, 2.05) is 47.0 Å². The number of rotatable bonds is 5. The van der Waals surface area contributed by atoms with Gasteiger partial charge in [-0.05, 0) is 29.3 Å². The minimum absolute atomic E-state index is 0.193. The molecule has 0 spiro atoms. The van der Waals surface area contributed by atoms with Gasteiger partial charge in [0.1, 0.15) is 17.6 Å². The van der Waals surface area contributed by atoms with Crippen LogP contribution in [-0.2, 0) is 12.3 Å². The quantitative estimate of drug-likeness (QED) is 0.319. The largest absolute Gasteiger partial charge is 0.283 e. The van der Waals surface area contributed by atoms with Gasteiger partial charge in [-0.15, -0.1) is 33.6 Å². The highest BCUT2D eigenvalue weighted by Gasteiger charge is 2.22. The number of thioether (sulfide) groups is 1. The van der Waals surface area contributed by atoms with Crippen molar-refractivity contribution in [1.82, 2.24) is 14.8 Å². The van der Waals surface area contributed by atoms with Gasteiger partial charge in [0.2, 0.25) is 0 Å². The number of hydrogen-bond donors (Lipinski definition) is 0. The van der Waals surface area contributed by atoms with Crippen LogP contribution >= 0.6 is 35.0 Å². The summed E-state index contributed by atoms with van der Waals surface area (Å²) in [5, 5.41) is 8.96. The van der Waals surface area contributed by atoms with E-state index in [1.165, 1.54) is 5.56 Å². The van der Waals surface area contributed by atoms with Crippen LogP contribution in [-0.4, -0.2) is 20.5 Å². The van der Waals surface area contributed by atoms with Crippen LogP contribution in [0.5, 0.6) is 0 Å². The summed E-state index contributed by atoms with van der Waals surface area (Å²) in [5.74, 6) is 1.63. The van der Waals surface area contributed by atoms with Crippen molar-refractivity contribution >= 4 is 40.7 Å². The minimum atomic E-state index is -0.193. The maximum Gasteiger partial charge on any atom is 0.159 e. The van der Waals surface area contributed by atoms with E-state index in [1.54, 1.807) is 18.1 Å². The third-order valence-corrected chi connectivity index (χ3v) is 7.19. The van der Waals surface area contributed by atoms with E-state index < -0.39 is 0 Å². The van der Waals surface area contributed by atoms with Crippen LogP contribution in [0.3, 0.4) is 0 Å². The number of halogens is 2. The summed E-state index contributed by atoms with van der Waals surface area (Å²) < 4.78 is 1.79. The summed E-state index contributed by atoms with van der Waals surface area (Å²) in [7, 11) is 0. The van der Waals surface area contributed by atoms with E-state index >= 15 is 0 Å². The molecule has 3 aromatic carbocycles. The smallest absolute Gasteiger partial charge is 0.159 e. The topological polar surface area (TPSA) is 43.1 Å². The van der Waals surface area contributed by atoms with Gasteiger partial charge < -0.3 is 0 Å². The first-order chi connectivity index (χ1) is 15.2. The first-order valence-electron chi connectivity index (χ1n) is 9.83. The Kier molecular flexibility index (Phi) is 5.81. The molecule has 0 saturated heterocycles. The summed E-state index contributed by atoms with van der Waals surface area (Å²) in [6.07, 6.45) is 1.72. The molecule has 0 amide bonds. The van der Waals surface area contributed by atoms with Gasteiger partial charge in [-0.1, -0.05) is 66.2 Å². The summed E-state index contributed by atoms with van der Waals surface area (Å²) in [5.41, 5.74) is 5.94. The average molecular weight is 465 g/mol. The Morgan fingerprint density at radius 2 is 1.77 bits per heavy atom. The van der Waals surface area contributed by atoms with Gasteiger partial charge in [0.25, 0.3) is 0 Å². The van der Waals surface area contributed by atoms with Crippen LogP contribution in [0.4, 0.5) is 0 Å². The number of benzene rings is 3. The Morgan fingerprint density at radius 1 is 0.968 bits per heavy atom. The van der Waals surface area contributed by atoms with Crippen molar-refractivity contribution in [2.45, 2.75) is 17.0 Å². The lowest BCUT2D eigenvalue weighted by Crippen LogP contribution is -2.08. The molecule has 0 radical (unpaired) electrons. The summed E-state index contributed by atoms with van der Waals surface area (Å²) >= 11 is 15.0. The molecule has 1 atom stereocenters. The van der Waals surface area contributed by atoms with Crippen LogP contribution in [0.25, 0.3) is 5.69 Å². The van der Waals surface area contributed by atoms with Crippen LogP contribution in [0.15, 0.2) is 84.1 Å². The fourth-order valence-corrected chi connectivity index (χ4v) is 5.04. The number of nitrogens with zero attached hydrogens (tertiary/aromatic N) is 4. The molecule has 4 aromatic rings. The molecule has 2 heterocycles. The van der Waals surface area contributed by atoms with Crippen molar-refractivity contribution in [3.63, 3.8) is 0 Å². The van der Waals surface area contributed by atoms with Gasteiger partial charge in [0.05, 0.1) is 11.4 Å². The normalized spacial score (nSPS) is 13.7. The van der Waals surface area contributed by atoms with Crippen molar-refractivity contribution in [3.8, 4) is 5.69 Å². The number of hydrogen-bond acceptors (Lipinski definition) is 4. The Hall–Kier alpha value is -2.60. The molecular formula is C24H18Cl2N4S. The predicted octanol–water partition coefficient (Wildman–Crippen LogP) is 6.44. The fraction of sp³-hybridized carbons (Fsp3) is 0.125. The first-order valence-corrected chi connectivity index (χ1v) is 11.7.